The molecule has 0 radical (unpaired) electrons. The van der Waals surface area contributed by atoms with Gasteiger partial charge >= 0.3 is 0 Å². The van der Waals surface area contributed by atoms with E-state index in [9.17, 15) is 13.2 Å². The summed E-state index contributed by atoms with van der Waals surface area (Å²) in [6, 6.07) is 7.31. The Morgan fingerprint density at radius 1 is 1.25 bits per heavy atom. The third-order valence-electron chi connectivity index (χ3n) is 3.02. The average molecular weight is 297 g/mol. The maximum atomic E-state index is 12.3. The van der Waals surface area contributed by atoms with Crippen molar-refractivity contribution in [1.29, 1.82) is 0 Å². The molecular formula is C15H23NO3S. The van der Waals surface area contributed by atoms with Crippen LogP contribution in [0.5, 0.6) is 0 Å². The largest absolute Gasteiger partial charge is 0.350 e. The van der Waals surface area contributed by atoms with Gasteiger partial charge in [-0.15, -0.1) is 0 Å². The molecule has 5 heteroatoms. The molecule has 0 spiro atoms. The fourth-order valence-corrected chi connectivity index (χ4v) is 3.14. The Hall–Kier alpha value is -1.36. The van der Waals surface area contributed by atoms with Gasteiger partial charge in [-0.25, -0.2) is 8.42 Å². The van der Waals surface area contributed by atoms with Gasteiger partial charge in [-0.3, -0.25) is 4.79 Å². The summed E-state index contributed by atoms with van der Waals surface area (Å²) in [6.07, 6.45) is 0. The molecule has 0 aromatic heterocycles. The molecule has 1 aromatic rings. The van der Waals surface area contributed by atoms with Crippen LogP contribution in [-0.4, -0.2) is 25.1 Å². The third kappa shape index (κ3) is 4.63. The fraction of sp³-hybridized carbons (Fsp3) is 0.533. The zero-order chi connectivity index (χ0) is 15.6. The van der Waals surface area contributed by atoms with Crippen molar-refractivity contribution in [3.05, 3.63) is 35.4 Å². The predicted molar refractivity (Wildman–Crippen MR) is 81.2 cm³/mol. The molecule has 0 fully saturated rings. The zero-order valence-electron chi connectivity index (χ0n) is 12.7. The van der Waals surface area contributed by atoms with Gasteiger partial charge in [0.25, 0.3) is 0 Å². The first kappa shape index (κ1) is 16.7. The number of nitrogens with one attached hydrogen (secondary N) is 1. The predicted octanol–water partition coefficient (Wildman–Crippen LogP) is 2.21. The highest BCUT2D eigenvalue weighted by atomic mass is 32.2. The molecule has 0 saturated heterocycles. The van der Waals surface area contributed by atoms with Gasteiger partial charge in [-0.05, 0) is 45.7 Å². The minimum absolute atomic E-state index is 0.113. The molecule has 1 N–H and O–H groups in total. The van der Waals surface area contributed by atoms with Gasteiger partial charge < -0.3 is 5.32 Å². The topological polar surface area (TPSA) is 63.2 Å². The molecular weight excluding hydrogens is 274 g/mol. The fourth-order valence-electron chi connectivity index (χ4n) is 1.75. The summed E-state index contributed by atoms with van der Waals surface area (Å²) in [6.45, 7) is 8.78. The van der Waals surface area contributed by atoms with Crippen molar-refractivity contribution in [1.82, 2.24) is 5.32 Å². The zero-order valence-corrected chi connectivity index (χ0v) is 13.5. The summed E-state index contributed by atoms with van der Waals surface area (Å²) in [7, 11) is -3.52. The Balaban J connectivity index is 2.89. The highest BCUT2D eigenvalue weighted by molar-refractivity contribution is 7.92. The van der Waals surface area contributed by atoms with E-state index in [-0.39, 0.29) is 5.75 Å². The van der Waals surface area contributed by atoms with E-state index in [0.29, 0.717) is 0 Å². The number of benzene rings is 1. The summed E-state index contributed by atoms with van der Waals surface area (Å²) < 4.78 is 24.6. The Bertz CT molecular complexity index is 585. The van der Waals surface area contributed by atoms with E-state index in [1.165, 1.54) is 6.92 Å². The van der Waals surface area contributed by atoms with E-state index in [2.05, 4.69) is 5.32 Å². The molecule has 0 unspecified atom stereocenters. The molecule has 0 aliphatic rings. The number of carbonyl (C=O) groups excluding carboxylic acids is 1. The van der Waals surface area contributed by atoms with Crippen molar-refractivity contribution in [2.24, 2.45) is 0 Å². The van der Waals surface area contributed by atoms with Crippen molar-refractivity contribution in [3.8, 4) is 0 Å². The maximum absolute atomic E-state index is 12.3. The van der Waals surface area contributed by atoms with Crippen molar-refractivity contribution in [2.75, 3.05) is 0 Å². The van der Waals surface area contributed by atoms with E-state index in [0.717, 1.165) is 11.1 Å². The number of carbonyl (C=O) groups is 1. The van der Waals surface area contributed by atoms with Crippen LogP contribution in [0, 0.1) is 6.92 Å². The number of hydrogen-bond donors (Lipinski definition) is 1. The van der Waals surface area contributed by atoms with Gasteiger partial charge in [0.05, 0.1) is 5.75 Å². The first-order valence-electron chi connectivity index (χ1n) is 6.61. The number of sulfone groups is 1. The third-order valence-corrected chi connectivity index (χ3v) is 5.03. The lowest BCUT2D eigenvalue weighted by Crippen LogP contribution is -2.47. The molecule has 1 atom stereocenters. The second-order valence-corrected chi connectivity index (χ2v) is 8.44. The first-order valence-corrected chi connectivity index (χ1v) is 8.32. The minimum Gasteiger partial charge on any atom is -0.350 e. The van der Waals surface area contributed by atoms with Gasteiger partial charge in [0.1, 0.15) is 5.25 Å². The van der Waals surface area contributed by atoms with Crippen LogP contribution in [0.3, 0.4) is 0 Å². The van der Waals surface area contributed by atoms with Gasteiger partial charge in [0.2, 0.25) is 5.91 Å². The smallest absolute Gasteiger partial charge is 0.238 e. The molecule has 0 bridgehead atoms. The summed E-state index contributed by atoms with van der Waals surface area (Å²) in [5, 5.41) is 1.65. The highest BCUT2D eigenvalue weighted by Crippen LogP contribution is 2.15. The second-order valence-electron chi connectivity index (χ2n) is 6.12. The van der Waals surface area contributed by atoms with Crippen LogP contribution in [0.15, 0.2) is 24.3 Å². The SMILES string of the molecule is Cc1ccccc1CS(=O)(=O)[C@H](C)C(=O)NC(C)(C)C. The highest BCUT2D eigenvalue weighted by Gasteiger charge is 2.30. The number of aryl methyl sites for hydroxylation is 1. The molecule has 1 amide bonds. The molecule has 0 aliphatic carbocycles. The molecule has 20 heavy (non-hydrogen) atoms. The van der Waals surface area contributed by atoms with Crippen LogP contribution in [0.2, 0.25) is 0 Å². The molecule has 1 rings (SSSR count). The van der Waals surface area contributed by atoms with E-state index >= 15 is 0 Å². The Morgan fingerprint density at radius 3 is 2.30 bits per heavy atom. The summed E-state index contributed by atoms with van der Waals surface area (Å²) in [4.78, 5) is 12.0. The quantitative estimate of drug-likeness (QED) is 0.927. The van der Waals surface area contributed by atoms with Crippen LogP contribution < -0.4 is 5.32 Å². The lowest BCUT2D eigenvalue weighted by molar-refractivity contribution is -0.121. The Morgan fingerprint density at radius 2 is 1.80 bits per heavy atom. The first-order chi connectivity index (χ1) is 9.03. The minimum atomic E-state index is -3.52. The Kier molecular flexibility index (Phi) is 4.97. The van der Waals surface area contributed by atoms with Crippen LogP contribution in [0.4, 0.5) is 0 Å². The van der Waals surface area contributed by atoms with E-state index in [1.54, 1.807) is 12.1 Å². The molecule has 1 aromatic carbocycles. The molecule has 0 heterocycles. The van der Waals surface area contributed by atoms with E-state index < -0.39 is 26.5 Å². The summed E-state index contributed by atoms with van der Waals surface area (Å²) in [5.74, 6) is -0.565. The van der Waals surface area contributed by atoms with Gasteiger partial charge in [-0.2, -0.15) is 0 Å². The van der Waals surface area contributed by atoms with Crippen LogP contribution >= 0.6 is 0 Å². The number of hydrogen-bond acceptors (Lipinski definition) is 3. The monoisotopic (exact) mass is 297 g/mol. The van der Waals surface area contributed by atoms with Crippen LogP contribution in [-0.2, 0) is 20.4 Å². The lowest BCUT2D eigenvalue weighted by Gasteiger charge is -2.23. The van der Waals surface area contributed by atoms with Crippen molar-refractivity contribution in [2.45, 2.75) is 51.2 Å². The lowest BCUT2D eigenvalue weighted by atomic mass is 10.1. The summed E-state index contributed by atoms with van der Waals surface area (Å²) in [5.41, 5.74) is 1.21. The van der Waals surface area contributed by atoms with Gasteiger partial charge in [-0.1, -0.05) is 24.3 Å². The number of rotatable bonds is 4. The molecule has 0 saturated carbocycles. The van der Waals surface area contributed by atoms with Crippen LogP contribution in [0.1, 0.15) is 38.8 Å². The van der Waals surface area contributed by atoms with Crippen molar-refractivity contribution in [3.63, 3.8) is 0 Å². The van der Waals surface area contributed by atoms with Crippen molar-refractivity contribution >= 4 is 15.7 Å². The summed E-state index contributed by atoms with van der Waals surface area (Å²) >= 11 is 0. The average Bonchev–Trinajstić information content (AvgIpc) is 2.28. The van der Waals surface area contributed by atoms with Gasteiger partial charge in [0.15, 0.2) is 9.84 Å². The van der Waals surface area contributed by atoms with Crippen LogP contribution in [0.25, 0.3) is 0 Å². The standard InChI is InChI=1S/C15H23NO3S/c1-11-8-6-7-9-13(11)10-20(18,19)12(2)14(17)16-15(3,4)5/h6-9,12H,10H2,1-5H3,(H,16,17)/t12-/m1/s1. The normalized spacial score (nSPS) is 13.8. The van der Waals surface area contributed by atoms with E-state index in [4.69, 9.17) is 0 Å². The molecule has 0 aliphatic heterocycles. The van der Waals surface area contributed by atoms with Crippen molar-refractivity contribution < 1.29 is 13.2 Å². The molecule has 112 valence electrons. The maximum Gasteiger partial charge on any atom is 0.238 e. The van der Waals surface area contributed by atoms with E-state index in [1.807, 2.05) is 39.8 Å². The van der Waals surface area contributed by atoms with Gasteiger partial charge in [0, 0.05) is 5.54 Å². The number of amides is 1. The Labute approximate surface area is 121 Å². The molecule has 4 nitrogen and oxygen atoms in total. The second kappa shape index (κ2) is 5.95.